The number of hydrazone groups is 1. The fraction of sp³-hybridized carbons (Fsp3) is 0.118. The Hall–Kier alpha value is -2.86. The molecule has 0 saturated heterocycles. The van der Waals surface area contributed by atoms with Crippen LogP contribution in [0.1, 0.15) is 17.5 Å². The second-order valence-electron chi connectivity index (χ2n) is 5.09. The van der Waals surface area contributed by atoms with Crippen LogP contribution in [0.25, 0.3) is 0 Å². The minimum absolute atomic E-state index is 0.0190. The third kappa shape index (κ3) is 5.40. The van der Waals surface area contributed by atoms with E-state index < -0.39 is 11.8 Å². The van der Waals surface area contributed by atoms with Crippen molar-refractivity contribution in [3.8, 4) is 5.75 Å². The smallest absolute Gasteiger partial charge is 0.249 e. The summed E-state index contributed by atoms with van der Waals surface area (Å²) in [4.78, 5) is 23.4. The summed E-state index contributed by atoms with van der Waals surface area (Å²) in [5.74, 6) is -1.04. The van der Waals surface area contributed by atoms with Gasteiger partial charge in [-0.1, -0.05) is 29.3 Å². The molecule has 0 heterocycles. The summed E-state index contributed by atoms with van der Waals surface area (Å²) in [6.45, 7) is 1.94. The van der Waals surface area contributed by atoms with Crippen molar-refractivity contribution in [2.75, 3.05) is 5.32 Å². The Balaban J connectivity index is 1.84. The molecule has 0 spiro atoms. The fourth-order valence-electron chi connectivity index (χ4n) is 1.83. The van der Waals surface area contributed by atoms with E-state index in [9.17, 15) is 14.7 Å². The largest absolute Gasteiger partial charge is 0.507 e. The van der Waals surface area contributed by atoms with Crippen LogP contribution in [-0.4, -0.2) is 23.1 Å². The lowest BCUT2D eigenvalue weighted by atomic mass is 10.2. The number of aryl methyl sites for hydroxylation is 1. The van der Waals surface area contributed by atoms with Crippen molar-refractivity contribution in [2.24, 2.45) is 5.10 Å². The van der Waals surface area contributed by atoms with Crippen molar-refractivity contribution >= 4 is 35.3 Å². The van der Waals surface area contributed by atoms with Crippen molar-refractivity contribution in [2.45, 2.75) is 13.3 Å². The number of hydrogen-bond donors (Lipinski definition) is 3. The zero-order valence-corrected chi connectivity index (χ0v) is 13.7. The van der Waals surface area contributed by atoms with Crippen LogP contribution in [0.5, 0.6) is 5.75 Å². The van der Waals surface area contributed by atoms with E-state index in [1.54, 1.807) is 12.1 Å². The van der Waals surface area contributed by atoms with Gasteiger partial charge in [-0.3, -0.25) is 9.59 Å². The molecule has 2 rings (SSSR count). The molecule has 124 valence electrons. The van der Waals surface area contributed by atoms with Gasteiger partial charge in [0.2, 0.25) is 11.8 Å². The van der Waals surface area contributed by atoms with Crippen LogP contribution in [0.2, 0.25) is 5.02 Å². The highest BCUT2D eigenvalue weighted by atomic mass is 35.5. The number of nitrogens with zero attached hydrogens (tertiary/aromatic N) is 1. The molecule has 0 aromatic heterocycles. The summed E-state index contributed by atoms with van der Waals surface area (Å²) in [5.41, 5.74) is 4.26. The van der Waals surface area contributed by atoms with E-state index in [0.29, 0.717) is 16.3 Å². The molecule has 7 heteroatoms. The maximum absolute atomic E-state index is 11.8. The summed E-state index contributed by atoms with van der Waals surface area (Å²) in [5, 5.41) is 16.3. The molecule has 3 N–H and O–H groups in total. The number of rotatable bonds is 5. The minimum Gasteiger partial charge on any atom is -0.507 e. The highest BCUT2D eigenvalue weighted by molar-refractivity contribution is 6.30. The number of anilines is 1. The fourth-order valence-corrected chi connectivity index (χ4v) is 2.01. The highest BCUT2D eigenvalue weighted by Crippen LogP contribution is 2.19. The topological polar surface area (TPSA) is 90.8 Å². The van der Waals surface area contributed by atoms with Gasteiger partial charge in [-0.05, 0) is 37.3 Å². The molecular weight excluding hydrogens is 330 g/mol. The number of nitrogens with one attached hydrogen (secondary N) is 2. The monoisotopic (exact) mass is 345 g/mol. The number of carbonyl (C=O) groups excluding carboxylic acids is 2. The third-order valence-corrected chi connectivity index (χ3v) is 3.27. The van der Waals surface area contributed by atoms with E-state index in [1.807, 2.05) is 19.1 Å². The molecule has 0 atom stereocenters. The molecule has 0 saturated carbocycles. The zero-order chi connectivity index (χ0) is 17.5. The van der Waals surface area contributed by atoms with Crippen LogP contribution in [0.15, 0.2) is 47.6 Å². The molecule has 2 amide bonds. The summed E-state index contributed by atoms with van der Waals surface area (Å²) in [6.07, 6.45) is 0.879. The highest BCUT2D eigenvalue weighted by Gasteiger charge is 2.09. The summed E-state index contributed by atoms with van der Waals surface area (Å²) >= 11 is 5.80. The third-order valence-electron chi connectivity index (χ3n) is 3.04. The average Bonchev–Trinajstić information content (AvgIpc) is 2.53. The summed E-state index contributed by atoms with van der Waals surface area (Å²) < 4.78 is 0. The molecule has 0 bridgehead atoms. The minimum atomic E-state index is -0.572. The predicted molar refractivity (Wildman–Crippen MR) is 93.3 cm³/mol. The first-order valence-electron chi connectivity index (χ1n) is 7.11. The molecule has 2 aromatic carbocycles. The van der Waals surface area contributed by atoms with Crippen LogP contribution in [0.3, 0.4) is 0 Å². The average molecular weight is 346 g/mol. The molecule has 24 heavy (non-hydrogen) atoms. The quantitative estimate of drug-likeness (QED) is 0.442. The number of aromatic hydroxyl groups is 1. The van der Waals surface area contributed by atoms with Gasteiger partial charge in [-0.25, -0.2) is 5.43 Å². The van der Waals surface area contributed by atoms with Crippen LogP contribution in [0, 0.1) is 6.92 Å². The van der Waals surface area contributed by atoms with Gasteiger partial charge in [0, 0.05) is 16.3 Å². The van der Waals surface area contributed by atoms with E-state index in [1.165, 1.54) is 24.4 Å². The number of amides is 2. The SMILES string of the molecule is Cc1ccc(NC(=O)CC(=O)N/N=C/c2cc(Cl)ccc2O)cc1. The van der Waals surface area contributed by atoms with Gasteiger partial charge >= 0.3 is 0 Å². The van der Waals surface area contributed by atoms with Crippen molar-refractivity contribution < 1.29 is 14.7 Å². The molecule has 0 unspecified atom stereocenters. The molecule has 0 fully saturated rings. The van der Waals surface area contributed by atoms with E-state index in [4.69, 9.17) is 11.6 Å². The standard InChI is InChI=1S/C17H16ClN3O3/c1-11-2-5-14(6-3-11)20-16(23)9-17(24)21-19-10-12-8-13(18)4-7-15(12)22/h2-8,10,22H,9H2,1H3,(H,20,23)(H,21,24)/b19-10+. The molecular formula is C17H16ClN3O3. The Labute approximate surface area is 144 Å². The van der Waals surface area contributed by atoms with Gasteiger partial charge in [0.05, 0.1) is 6.21 Å². The lowest BCUT2D eigenvalue weighted by molar-refractivity contribution is -0.126. The van der Waals surface area contributed by atoms with Crippen molar-refractivity contribution in [1.82, 2.24) is 5.43 Å². The normalized spacial score (nSPS) is 10.6. The first-order valence-corrected chi connectivity index (χ1v) is 7.49. The second-order valence-corrected chi connectivity index (χ2v) is 5.52. The van der Waals surface area contributed by atoms with Crippen LogP contribution < -0.4 is 10.7 Å². The summed E-state index contributed by atoms with van der Waals surface area (Å²) in [7, 11) is 0. The Kier molecular flexibility index (Phi) is 5.92. The van der Waals surface area contributed by atoms with E-state index in [-0.39, 0.29) is 12.2 Å². The number of phenolic OH excluding ortho intramolecular Hbond substituents is 1. The second kappa shape index (κ2) is 8.12. The van der Waals surface area contributed by atoms with Gasteiger partial charge in [0.15, 0.2) is 0 Å². The zero-order valence-electron chi connectivity index (χ0n) is 12.9. The first-order chi connectivity index (χ1) is 11.4. The molecule has 0 aliphatic carbocycles. The van der Waals surface area contributed by atoms with Crippen molar-refractivity contribution in [3.63, 3.8) is 0 Å². The van der Waals surface area contributed by atoms with Crippen LogP contribution >= 0.6 is 11.6 Å². The molecule has 0 radical (unpaired) electrons. The van der Waals surface area contributed by atoms with Gasteiger partial charge in [-0.2, -0.15) is 5.10 Å². The maximum atomic E-state index is 11.8. The number of phenols is 1. The Bertz CT molecular complexity index is 773. The number of carbonyl (C=O) groups is 2. The van der Waals surface area contributed by atoms with E-state index >= 15 is 0 Å². The summed E-state index contributed by atoms with van der Waals surface area (Å²) in [6, 6.07) is 11.7. The van der Waals surface area contributed by atoms with Gasteiger partial charge < -0.3 is 10.4 Å². The molecule has 0 aliphatic heterocycles. The molecule has 6 nitrogen and oxygen atoms in total. The number of halogens is 1. The predicted octanol–water partition coefficient (Wildman–Crippen LogP) is 2.83. The van der Waals surface area contributed by atoms with E-state index in [0.717, 1.165) is 5.56 Å². The Morgan fingerprint density at radius 1 is 1.17 bits per heavy atom. The van der Waals surface area contributed by atoms with E-state index in [2.05, 4.69) is 15.8 Å². The number of benzene rings is 2. The van der Waals surface area contributed by atoms with Gasteiger partial charge in [0.25, 0.3) is 0 Å². The first kappa shape index (κ1) is 17.5. The lowest BCUT2D eigenvalue weighted by Crippen LogP contribution is -2.24. The molecule has 2 aromatic rings. The maximum Gasteiger partial charge on any atom is 0.249 e. The van der Waals surface area contributed by atoms with Crippen LogP contribution in [0.4, 0.5) is 5.69 Å². The van der Waals surface area contributed by atoms with Gasteiger partial charge in [0.1, 0.15) is 12.2 Å². The Morgan fingerprint density at radius 2 is 1.88 bits per heavy atom. The van der Waals surface area contributed by atoms with Crippen LogP contribution in [-0.2, 0) is 9.59 Å². The van der Waals surface area contributed by atoms with Crippen molar-refractivity contribution in [1.29, 1.82) is 0 Å². The molecule has 0 aliphatic rings. The van der Waals surface area contributed by atoms with Crippen molar-refractivity contribution in [3.05, 3.63) is 58.6 Å². The Morgan fingerprint density at radius 3 is 2.58 bits per heavy atom. The number of hydrogen-bond acceptors (Lipinski definition) is 4. The lowest BCUT2D eigenvalue weighted by Gasteiger charge is -2.05. The van der Waals surface area contributed by atoms with Gasteiger partial charge in [-0.15, -0.1) is 0 Å².